The number of ether oxygens (including phenoxy) is 1. The van der Waals surface area contributed by atoms with E-state index in [0.29, 0.717) is 36.3 Å². The molecular formula is C35H42N8O4. The SMILES string of the molecule is Cc1cc(C(=O)N2CCN(C3CC(C(=O)Nc4cc5cc(-c6cnc(CO[C@H]7CCC[C@@H]7O)nc6)ccn5n4)C3)[C@@H](C)C2)cc(C)n1. The van der Waals surface area contributed by atoms with Gasteiger partial charge in [-0.2, -0.15) is 5.10 Å². The van der Waals surface area contributed by atoms with Gasteiger partial charge in [0.15, 0.2) is 11.6 Å². The molecule has 2 saturated carbocycles. The highest BCUT2D eigenvalue weighted by Gasteiger charge is 2.41. The molecule has 12 nitrogen and oxygen atoms in total. The Balaban J connectivity index is 0.902. The number of amides is 2. The Bertz CT molecular complexity index is 1750. The summed E-state index contributed by atoms with van der Waals surface area (Å²) in [5.41, 5.74) is 5.07. The van der Waals surface area contributed by atoms with Crippen LogP contribution in [0.1, 0.15) is 66.6 Å². The summed E-state index contributed by atoms with van der Waals surface area (Å²) in [5.74, 6) is 1.09. The second-order valence-electron chi connectivity index (χ2n) is 13.3. The molecule has 1 saturated heterocycles. The summed E-state index contributed by atoms with van der Waals surface area (Å²) < 4.78 is 7.55. The second kappa shape index (κ2) is 13.1. The molecule has 2 amide bonds. The van der Waals surface area contributed by atoms with E-state index in [1.165, 1.54) is 0 Å². The Morgan fingerprint density at radius 1 is 1.02 bits per heavy atom. The molecule has 12 heteroatoms. The van der Waals surface area contributed by atoms with Gasteiger partial charge in [-0.25, -0.2) is 14.5 Å². The summed E-state index contributed by atoms with van der Waals surface area (Å²) in [6.07, 6.45) is 9.09. The molecule has 246 valence electrons. The van der Waals surface area contributed by atoms with Crippen LogP contribution in [0.2, 0.25) is 0 Å². The lowest BCUT2D eigenvalue weighted by Crippen LogP contribution is -2.60. The van der Waals surface area contributed by atoms with E-state index >= 15 is 0 Å². The van der Waals surface area contributed by atoms with Gasteiger partial charge in [0.25, 0.3) is 5.91 Å². The molecule has 2 aliphatic carbocycles. The average Bonchev–Trinajstić information content (AvgIpc) is 3.63. The number of hydrogen-bond donors (Lipinski definition) is 2. The number of aliphatic hydroxyl groups excluding tert-OH is 1. The number of aromatic nitrogens is 5. The van der Waals surface area contributed by atoms with E-state index in [1.54, 1.807) is 16.9 Å². The Labute approximate surface area is 274 Å². The maximum absolute atomic E-state index is 13.2. The van der Waals surface area contributed by atoms with Crippen molar-refractivity contribution in [2.45, 2.75) is 83.8 Å². The highest BCUT2D eigenvalue weighted by molar-refractivity contribution is 5.94. The standard InChI is InChI=1S/C35H42N8O4/c1-21-11-26(12-22(2)38-21)35(46)41-9-10-42(23(3)19-41)28-14-25(15-28)34(45)39-32-16-29-13-24(7-8-43(29)40-32)27-17-36-33(37-18-27)20-47-31-6-4-5-30(31)44/h7-8,11-13,16-18,23,25,28,30-31,44H,4-6,9-10,14-15,19-20H2,1-3H3,(H,39,40,45)/t23-,25?,28?,30-,31-/m0/s1. The Hall–Kier alpha value is -4.26. The molecule has 0 unspecified atom stereocenters. The van der Waals surface area contributed by atoms with Crippen LogP contribution in [0.25, 0.3) is 16.6 Å². The minimum absolute atomic E-state index is 0.00824. The van der Waals surface area contributed by atoms with E-state index in [1.807, 2.05) is 55.3 Å². The van der Waals surface area contributed by atoms with Crippen molar-refractivity contribution >= 4 is 23.1 Å². The number of hydrogen-bond acceptors (Lipinski definition) is 9. The van der Waals surface area contributed by atoms with Gasteiger partial charge in [0.1, 0.15) is 6.61 Å². The van der Waals surface area contributed by atoms with Gasteiger partial charge >= 0.3 is 0 Å². The van der Waals surface area contributed by atoms with Crippen LogP contribution in [-0.2, 0) is 16.1 Å². The number of piperazine rings is 1. The predicted octanol–water partition coefficient (Wildman–Crippen LogP) is 3.80. The van der Waals surface area contributed by atoms with Crippen molar-refractivity contribution < 1.29 is 19.4 Å². The van der Waals surface area contributed by atoms with E-state index in [2.05, 4.69) is 37.2 Å². The van der Waals surface area contributed by atoms with Gasteiger partial charge in [-0.15, -0.1) is 0 Å². The van der Waals surface area contributed by atoms with Crippen molar-refractivity contribution in [3.05, 3.63) is 71.7 Å². The lowest BCUT2D eigenvalue weighted by atomic mass is 9.78. The molecule has 3 fully saturated rings. The van der Waals surface area contributed by atoms with Crippen LogP contribution in [0.5, 0.6) is 0 Å². The first-order valence-electron chi connectivity index (χ1n) is 16.6. The second-order valence-corrected chi connectivity index (χ2v) is 13.3. The largest absolute Gasteiger partial charge is 0.390 e. The number of fused-ring (bicyclic) bond motifs is 1. The normalized spacial score (nSPS) is 24.8. The van der Waals surface area contributed by atoms with Gasteiger partial charge in [0.05, 0.1) is 17.7 Å². The monoisotopic (exact) mass is 638 g/mol. The topological polar surface area (TPSA) is 138 Å². The van der Waals surface area contributed by atoms with Gasteiger partial charge in [0, 0.05) is 84.8 Å². The first-order valence-corrected chi connectivity index (χ1v) is 16.6. The van der Waals surface area contributed by atoms with Crippen molar-refractivity contribution in [1.29, 1.82) is 0 Å². The van der Waals surface area contributed by atoms with E-state index in [-0.39, 0.29) is 36.5 Å². The van der Waals surface area contributed by atoms with Gasteiger partial charge in [0.2, 0.25) is 5.91 Å². The number of aryl methyl sites for hydroxylation is 2. The first-order chi connectivity index (χ1) is 22.7. The Kier molecular flexibility index (Phi) is 8.73. The summed E-state index contributed by atoms with van der Waals surface area (Å²) >= 11 is 0. The first kappa shape index (κ1) is 31.3. The summed E-state index contributed by atoms with van der Waals surface area (Å²) in [7, 11) is 0. The fourth-order valence-corrected chi connectivity index (χ4v) is 7.24. The van der Waals surface area contributed by atoms with Crippen LogP contribution >= 0.6 is 0 Å². The van der Waals surface area contributed by atoms with Gasteiger partial charge in [-0.3, -0.25) is 19.5 Å². The number of anilines is 1. The molecular weight excluding hydrogens is 596 g/mol. The van der Waals surface area contributed by atoms with Crippen LogP contribution in [0, 0.1) is 19.8 Å². The molecule has 2 N–H and O–H groups in total. The smallest absolute Gasteiger partial charge is 0.254 e. The van der Waals surface area contributed by atoms with Crippen LogP contribution in [0.15, 0.2) is 48.9 Å². The number of nitrogens with one attached hydrogen (secondary N) is 1. The number of rotatable bonds is 8. The third-order valence-corrected chi connectivity index (χ3v) is 9.84. The maximum atomic E-state index is 13.2. The molecule has 0 bridgehead atoms. The number of nitrogens with zero attached hydrogens (tertiary/aromatic N) is 7. The molecule has 0 aromatic carbocycles. The molecule has 0 spiro atoms. The van der Waals surface area contributed by atoms with Crippen molar-refractivity contribution in [3.8, 4) is 11.1 Å². The number of aliphatic hydroxyl groups is 1. The molecule has 1 aliphatic heterocycles. The van der Waals surface area contributed by atoms with E-state index in [9.17, 15) is 14.7 Å². The van der Waals surface area contributed by atoms with Crippen molar-refractivity contribution in [1.82, 2.24) is 34.4 Å². The fourth-order valence-electron chi connectivity index (χ4n) is 7.24. The summed E-state index contributed by atoms with van der Waals surface area (Å²) in [5, 5.41) is 17.5. The van der Waals surface area contributed by atoms with Crippen molar-refractivity contribution in [2.75, 3.05) is 25.0 Å². The third-order valence-electron chi connectivity index (χ3n) is 9.84. The predicted molar refractivity (Wildman–Crippen MR) is 176 cm³/mol. The summed E-state index contributed by atoms with van der Waals surface area (Å²) in [6.45, 7) is 8.42. The Morgan fingerprint density at radius 3 is 2.49 bits per heavy atom. The number of carbonyl (C=O) groups excluding carboxylic acids is 2. The van der Waals surface area contributed by atoms with E-state index in [4.69, 9.17) is 4.74 Å². The molecule has 7 rings (SSSR count). The molecule has 3 atom stereocenters. The number of carbonyl (C=O) groups is 2. The molecule has 0 radical (unpaired) electrons. The zero-order chi connectivity index (χ0) is 32.7. The van der Waals surface area contributed by atoms with Crippen molar-refractivity contribution in [3.63, 3.8) is 0 Å². The zero-order valence-corrected chi connectivity index (χ0v) is 27.2. The molecule has 4 aromatic heterocycles. The maximum Gasteiger partial charge on any atom is 0.254 e. The van der Waals surface area contributed by atoms with Crippen LogP contribution in [0.3, 0.4) is 0 Å². The average molecular weight is 639 g/mol. The van der Waals surface area contributed by atoms with Gasteiger partial charge in [-0.05, 0) is 82.7 Å². The van der Waals surface area contributed by atoms with Crippen LogP contribution in [-0.4, -0.2) is 95.2 Å². The fraction of sp³-hybridized carbons (Fsp3) is 0.486. The molecule has 3 aliphatic rings. The van der Waals surface area contributed by atoms with E-state index in [0.717, 1.165) is 66.7 Å². The Morgan fingerprint density at radius 2 is 1.79 bits per heavy atom. The van der Waals surface area contributed by atoms with Crippen LogP contribution < -0.4 is 5.32 Å². The summed E-state index contributed by atoms with van der Waals surface area (Å²) in [6, 6.07) is 10.1. The van der Waals surface area contributed by atoms with Crippen LogP contribution in [0.4, 0.5) is 5.82 Å². The highest BCUT2D eigenvalue weighted by atomic mass is 16.5. The van der Waals surface area contributed by atoms with Crippen molar-refractivity contribution in [2.24, 2.45) is 5.92 Å². The molecule has 5 heterocycles. The quantitative estimate of drug-likeness (QED) is 0.295. The minimum atomic E-state index is -0.403. The molecule has 47 heavy (non-hydrogen) atoms. The van der Waals surface area contributed by atoms with E-state index < -0.39 is 6.10 Å². The van der Waals surface area contributed by atoms with Gasteiger partial charge in [-0.1, -0.05) is 0 Å². The summed E-state index contributed by atoms with van der Waals surface area (Å²) in [4.78, 5) is 44.0. The van der Waals surface area contributed by atoms with Gasteiger partial charge < -0.3 is 20.1 Å². The molecule has 4 aromatic rings. The highest BCUT2D eigenvalue weighted by Crippen LogP contribution is 2.35. The zero-order valence-electron chi connectivity index (χ0n) is 27.2. The number of pyridine rings is 2. The third kappa shape index (κ3) is 6.76. The minimum Gasteiger partial charge on any atom is -0.390 e. The lowest BCUT2D eigenvalue weighted by Gasteiger charge is -2.49. The lowest BCUT2D eigenvalue weighted by molar-refractivity contribution is -0.125.